The first-order valence-electron chi connectivity index (χ1n) is 11.3. The molecule has 4 heterocycles. The van der Waals surface area contributed by atoms with Crippen LogP contribution < -0.4 is 21.7 Å². The van der Waals surface area contributed by atoms with Crippen LogP contribution in [0.15, 0.2) is 45.7 Å². The normalized spacial score (nSPS) is 14.9. The third kappa shape index (κ3) is 4.68. The zero-order chi connectivity index (χ0) is 25.4. The number of nitrogens with zero attached hydrogens (tertiary/aromatic N) is 4. The van der Waals surface area contributed by atoms with E-state index in [4.69, 9.17) is 4.42 Å². The summed E-state index contributed by atoms with van der Waals surface area (Å²) in [4.78, 5) is 58.6. The van der Waals surface area contributed by atoms with Gasteiger partial charge in [0.1, 0.15) is 17.4 Å². The number of likely N-dealkylation sites (tertiary alicyclic amines) is 1. The van der Waals surface area contributed by atoms with Gasteiger partial charge in [-0.15, -0.1) is 0 Å². The van der Waals surface area contributed by atoms with E-state index < -0.39 is 23.6 Å². The first kappa shape index (κ1) is 23.2. The van der Waals surface area contributed by atoms with Crippen LogP contribution in [0.25, 0.3) is 16.7 Å². The van der Waals surface area contributed by atoms with E-state index in [0.717, 1.165) is 18.7 Å². The van der Waals surface area contributed by atoms with Gasteiger partial charge in [-0.3, -0.25) is 19.4 Å². The molecule has 0 bridgehead atoms. The molecule has 13 nitrogen and oxygen atoms in total. The van der Waals surface area contributed by atoms with Crippen molar-refractivity contribution in [3.8, 4) is 0 Å². The van der Waals surface area contributed by atoms with Crippen LogP contribution in [0.2, 0.25) is 0 Å². The topological polar surface area (TPSA) is 167 Å². The summed E-state index contributed by atoms with van der Waals surface area (Å²) in [6.45, 7) is 3.27. The zero-order valence-electron chi connectivity index (χ0n) is 19.6. The van der Waals surface area contributed by atoms with Crippen LogP contribution >= 0.6 is 0 Å². The van der Waals surface area contributed by atoms with Gasteiger partial charge in [0.25, 0.3) is 11.8 Å². The molecule has 186 valence electrons. The van der Waals surface area contributed by atoms with E-state index in [9.17, 15) is 19.2 Å². The molecule has 1 aromatic carbocycles. The molecular formula is C23H24N8O5. The summed E-state index contributed by atoms with van der Waals surface area (Å²) in [6.07, 6.45) is 1.46. The number of H-pyrrole nitrogens is 1. The molecule has 0 aliphatic carbocycles. The minimum Gasteiger partial charge on any atom is -0.408 e. The second-order valence-electron chi connectivity index (χ2n) is 8.78. The number of oxazole rings is 1. The lowest BCUT2D eigenvalue weighted by molar-refractivity contribution is -0.124. The Balaban J connectivity index is 1.29. The zero-order valence-corrected chi connectivity index (χ0v) is 19.6. The van der Waals surface area contributed by atoms with Gasteiger partial charge in [0, 0.05) is 31.8 Å². The number of aromatic amines is 1. The standard InChI is InChI=1S/C23H24N8O5/c1-12(20(32)27-14-10-30(2)11-14)26-22(34)17-8-16(28-19-5-6-25-31(17)19)21(33)24-9-13-3-4-18-15(7-13)29-23(35)36-18/h3-8,12,14H,9-11H2,1-2H3,(H,24,33)(H,26,34)(H,27,32)(H,29,35)/t12-/m0/s1. The summed E-state index contributed by atoms with van der Waals surface area (Å²) in [5, 5.41) is 12.4. The van der Waals surface area contributed by atoms with Crippen molar-refractivity contribution in [3.63, 3.8) is 0 Å². The van der Waals surface area contributed by atoms with Crippen molar-refractivity contribution in [1.82, 2.24) is 40.4 Å². The summed E-state index contributed by atoms with van der Waals surface area (Å²) in [6, 6.07) is 7.22. The minimum absolute atomic E-state index is 0.0144. The Kier molecular flexibility index (Phi) is 5.98. The van der Waals surface area contributed by atoms with Crippen LogP contribution in [0.4, 0.5) is 0 Å². The fourth-order valence-corrected chi connectivity index (χ4v) is 4.03. The second kappa shape index (κ2) is 9.26. The van der Waals surface area contributed by atoms with E-state index in [1.54, 1.807) is 31.2 Å². The first-order chi connectivity index (χ1) is 17.3. The maximum atomic E-state index is 13.0. The van der Waals surface area contributed by atoms with Gasteiger partial charge in [0.15, 0.2) is 11.2 Å². The summed E-state index contributed by atoms with van der Waals surface area (Å²) < 4.78 is 6.29. The van der Waals surface area contributed by atoms with Crippen LogP contribution in [0, 0.1) is 0 Å². The molecular weight excluding hydrogens is 468 g/mol. The number of carbonyl (C=O) groups excluding carboxylic acids is 3. The number of rotatable bonds is 7. The number of benzene rings is 1. The van der Waals surface area contributed by atoms with Gasteiger partial charge in [-0.25, -0.2) is 14.3 Å². The molecule has 36 heavy (non-hydrogen) atoms. The molecule has 4 N–H and O–H groups in total. The minimum atomic E-state index is -0.788. The van der Waals surface area contributed by atoms with Crippen molar-refractivity contribution in [2.45, 2.75) is 25.6 Å². The molecule has 0 spiro atoms. The fourth-order valence-electron chi connectivity index (χ4n) is 4.03. The van der Waals surface area contributed by atoms with Crippen LogP contribution in [0.5, 0.6) is 0 Å². The maximum Gasteiger partial charge on any atom is 0.417 e. The number of carbonyl (C=O) groups is 3. The van der Waals surface area contributed by atoms with Gasteiger partial charge in [-0.1, -0.05) is 6.07 Å². The highest BCUT2D eigenvalue weighted by atomic mass is 16.4. The van der Waals surface area contributed by atoms with Gasteiger partial charge < -0.3 is 25.3 Å². The highest BCUT2D eigenvalue weighted by molar-refractivity contribution is 6.00. The van der Waals surface area contributed by atoms with E-state index in [1.807, 2.05) is 7.05 Å². The van der Waals surface area contributed by atoms with Crippen LogP contribution in [-0.2, 0) is 11.3 Å². The van der Waals surface area contributed by atoms with Crippen molar-refractivity contribution >= 4 is 34.5 Å². The second-order valence-corrected chi connectivity index (χ2v) is 8.78. The third-order valence-corrected chi connectivity index (χ3v) is 5.91. The Morgan fingerprint density at radius 3 is 2.78 bits per heavy atom. The van der Waals surface area contributed by atoms with Gasteiger partial charge in [0.05, 0.1) is 17.8 Å². The number of nitrogens with one attached hydrogen (secondary N) is 4. The summed E-state index contributed by atoms with van der Waals surface area (Å²) in [7, 11) is 1.96. The first-order valence-corrected chi connectivity index (χ1v) is 11.3. The monoisotopic (exact) mass is 492 g/mol. The molecule has 3 aromatic heterocycles. The number of fused-ring (bicyclic) bond motifs is 2. The number of aromatic nitrogens is 4. The molecule has 0 unspecified atom stereocenters. The summed E-state index contributed by atoms with van der Waals surface area (Å²) >= 11 is 0. The van der Waals surface area contributed by atoms with E-state index in [1.165, 1.54) is 16.8 Å². The van der Waals surface area contributed by atoms with E-state index in [0.29, 0.717) is 16.7 Å². The van der Waals surface area contributed by atoms with Gasteiger partial charge in [-0.05, 0) is 31.7 Å². The number of hydrogen-bond acceptors (Lipinski definition) is 8. The van der Waals surface area contributed by atoms with E-state index in [2.05, 4.69) is 35.9 Å². The largest absolute Gasteiger partial charge is 0.417 e. The molecule has 1 fully saturated rings. The lowest BCUT2D eigenvalue weighted by atomic mass is 10.1. The lowest BCUT2D eigenvalue weighted by Crippen LogP contribution is -2.60. The van der Waals surface area contributed by atoms with Crippen LogP contribution in [-0.4, -0.2) is 74.4 Å². The smallest absolute Gasteiger partial charge is 0.408 e. The molecule has 0 radical (unpaired) electrons. The number of likely N-dealkylation sites (N-methyl/N-ethyl adjacent to an activating group) is 1. The Labute approximate surface area is 203 Å². The average Bonchev–Trinajstić information content (AvgIpc) is 3.45. The van der Waals surface area contributed by atoms with Crippen molar-refractivity contribution in [1.29, 1.82) is 0 Å². The van der Waals surface area contributed by atoms with Crippen LogP contribution in [0.3, 0.4) is 0 Å². The summed E-state index contributed by atoms with van der Waals surface area (Å²) in [5.74, 6) is -1.92. The van der Waals surface area contributed by atoms with Crippen molar-refractivity contribution in [3.05, 3.63) is 64.0 Å². The lowest BCUT2D eigenvalue weighted by Gasteiger charge is -2.37. The Morgan fingerprint density at radius 1 is 1.19 bits per heavy atom. The van der Waals surface area contributed by atoms with E-state index >= 15 is 0 Å². The molecule has 1 aliphatic rings. The van der Waals surface area contributed by atoms with Crippen LogP contribution in [0.1, 0.15) is 33.5 Å². The predicted octanol–water partition coefficient (Wildman–Crippen LogP) is -0.358. The molecule has 0 saturated carbocycles. The number of hydrogen-bond donors (Lipinski definition) is 4. The van der Waals surface area contributed by atoms with Gasteiger partial charge >= 0.3 is 5.76 Å². The molecule has 4 aromatic rings. The fraction of sp³-hybridized carbons (Fsp3) is 0.304. The molecule has 1 saturated heterocycles. The Morgan fingerprint density at radius 2 is 2.00 bits per heavy atom. The Bertz CT molecular complexity index is 1530. The highest BCUT2D eigenvalue weighted by Crippen LogP contribution is 2.13. The summed E-state index contributed by atoms with van der Waals surface area (Å²) in [5.41, 5.74) is 2.05. The quantitative estimate of drug-likeness (QED) is 0.271. The third-order valence-electron chi connectivity index (χ3n) is 5.91. The molecule has 1 atom stereocenters. The van der Waals surface area contributed by atoms with Crippen molar-refractivity contribution in [2.24, 2.45) is 0 Å². The highest BCUT2D eigenvalue weighted by Gasteiger charge is 2.27. The maximum absolute atomic E-state index is 13.0. The molecule has 5 rings (SSSR count). The Hall–Kier alpha value is -4.52. The van der Waals surface area contributed by atoms with Crippen molar-refractivity contribution < 1.29 is 18.8 Å². The van der Waals surface area contributed by atoms with Gasteiger partial charge in [0.2, 0.25) is 5.91 Å². The number of amides is 3. The molecule has 1 aliphatic heterocycles. The SMILES string of the molecule is C[C@H](NC(=O)c1cc(C(=O)NCc2ccc3oc(=O)[nH]c3c2)nc2ccnn12)C(=O)NC1CN(C)C1. The molecule has 3 amide bonds. The van der Waals surface area contributed by atoms with Crippen molar-refractivity contribution in [2.75, 3.05) is 20.1 Å². The molecule has 13 heteroatoms. The van der Waals surface area contributed by atoms with Gasteiger partial charge in [-0.2, -0.15) is 5.10 Å². The van der Waals surface area contributed by atoms with E-state index in [-0.39, 0.29) is 29.9 Å². The average molecular weight is 492 g/mol. The predicted molar refractivity (Wildman–Crippen MR) is 127 cm³/mol.